The second-order valence-corrected chi connectivity index (χ2v) is 10.7. The molecule has 39 heavy (non-hydrogen) atoms. The largest absolute Gasteiger partial charge is 0.573 e. The highest BCUT2D eigenvalue weighted by Gasteiger charge is 2.46. The van der Waals surface area contributed by atoms with Crippen LogP contribution in [0.4, 0.5) is 24.9 Å². The van der Waals surface area contributed by atoms with Crippen molar-refractivity contribution in [2.45, 2.75) is 69.1 Å². The number of halogens is 3. The summed E-state index contributed by atoms with van der Waals surface area (Å²) in [6, 6.07) is 17.3. The van der Waals surface area contributed by atoms with Crippen LogP contribution in [0.2, 0.25) is 0 Å². The number of fused-ring (bicyclic) bond motifs is 2. The SMILES string of the molecule is N#Cc1ccc(N2CC3CC(NC4CCCCC4Nc4ncc(-c5ccc(OC(F)(F)F)cc5)o4)C2C3)cc1. The Hall–Kier alpha value is -3.71. The maximum Gasteiger partial charge on any atom is 0.573 e. The van der Waals surface area contributed by atoms with E-state index in [0.717, 1.165) is 32.2 Å². The van der Waals surface area contributed by atoms with Gasteiger partial charge in [-0.2, -0.15) is 5.26 Å². The van der Waals surface area contributed by atoms with Gasteiger partial charge in [-0.05, 0) is 80.1 Å². The van der Waals surface area contributed by atoms with Gasteiger partial charge in [-0.1, -0.05) is 12.8 Å². The molecule has 2 aromatic carbocycles. The molecule has 10 heteroatoms. The Morgan fingerprint density at radius 1 is 0.974 bits per heavy atom. The van der Waals surface area contributed by atoms with Crippen LogP contribution in [0.15, 0.2) is 59.1 Å². The molecular weight excluding hydrogens is 507 g/mol. The minimum Gasteiger partial charge on any atom is -0.424 e. The van der Waals surface area contributed by atoms with E-state index in [1.807, 2.05) is 12.1 Å². The molecule has 7 nitrogen and oxygen atoms in total. The third-order valence-electron chi connectivity index (χ3n) is 8.19. The zero-order valence-electron chi connectivity index (χ0n) is 21.3. The lowest BCUT2D eigenvalue weighted by Gasteiger charge is -2.40. The fourth-order valence-corrected chi connectivity index (χ4v) is 6.46. The Bertz CT molecular complexity index is 1320. The average Bonchev–Trinajstić information content (AvgIpc) is 3.66. The summed E-state index contributed by atoms with van der Waals surface area (Å²) < 4.78 is 47.2. The Morgan fingerprint density at radius 3 is 2.41 bits per heavy atom. The second kappa shape index (κ2) is 10.5. The number of nitriles is 1. The summed E-state index contributed by atoms with van der Waals surface area (Å²) in [6.45, 7) is 1.06. The topological polar surface area (TPSA) is 86.4 Å². The van der Waals surface area contributed by atoms with E-state index in [-0.39, 0.29) is 17.8 Å². The lowest BCUT2D eigenvalue weighted by molar-refractivity contribution is -0.274. The van der Waals surface area contributed by atoms with Crippen LogP contribution >= 0.6 is 0 Å². The third-order valence-corrected chi connectivity index (χ3v) is 8.19. The molecule has 6 rings (SSSR count). The van der Waals surface area contributed by atoms with Crippen LogP contribution in [0.5, 0.6) is 5.75 Å². The summed E-state index contributed by atoms with van der Waals surface area (Å²) in [5.41, 5.74) is 2.47. The molecule has 2 saturated carbocycles. The molecule has 204 valence electrons. The Morgan fingerprint density at radius 2 is 1.72 bits per heavy atom. The minimum absolute atomic E-state index is 0.162. The summed E-state index contributed by atoms with van der Waals surface area (Å²) in [5, 5.41) is 16.6. The molecule has 2 aliphatic carbocycles. The number of oxazole rings is 1. The smallest absolute Gasteiger partial charge is 0.424 e. The van der Waals surface area contributed by atoms with Crippen molar-refractivity contribution in [3.63, 3.8) is 0 Å². The van der Waals surface area contributed by atoms with Gasteiger partial charge in [-0.3, -0.25) is 0 Å². The zero-order chi connectivity index (χ0) is 27.0. The van der Waals surface area contributed by atoms with Crippen LogP contribution in [0.3, 0.4) is 0 Å². The quantitative estimate of drug-likeness (QED) is 0.377. The van der Waals surface area contributed by atoms with Gasteiger partial charge < -0.3 is 24.7 Å². The summed E-state index contributed by atoms with van der Waals surface area (Å²) in [6.07, 6.45) is 3.55. The molecule has 2 bridgehead atoms. The van der Waals surface area contributed by atoms with E-state index in [1.54, 1.807) is 6.20 Å². The van der Waals surface area contributed by atoms with Gasteiger partial charge in [-0.15, -0.1) is 13.2 Å². The highest BCUT2D eigenvalue weighted by atomic mass is 19.4. The number of hydrogen-bond donors (Lipinski definition) is 2. The second-order valence-electron chi connectivity index (χ2n) is 10.7. The number of ether oxygens (including phenoxy) is 1. The molecule has 0 radical (unpaired) electrons. The predicted molar refractivity (Wildman–Crippen MR) is 140 cm³/mol. The number of alkyl halides is 3. The van der Waals surface area contributed by atoms with Crippen molar-refractivity contribution >= 4 is 11.7 Å². The first-order valence-corrected chi connectivity index (χ1v) is 13.5. The van der Waals surface area contributed by atoms with Gasteiger partial charge in [0.05, 0.1) is 17.8 Å². The number of benzene rings is 2. The lowest BCUT2D eigenvalue weighted by atomic mass is 9.89. The van der Waals surface area contributed by atoms with Crippen LogP contribution in [0.25, 0.3) is 11.3 Å². The van der Waals surface area contributed by atoms with Crippen molar-refractivity contribution in [1.82, 2.24) is 10.3 Å². The van der Waals surface area contributed by atoms with Gasteiger partial charge in [0.15, 0.2) is 5.76 Å². The van der Waals surface area contributed by atoms with Gasteiger partial charge in [0.25, 0.3) is 6.01 Å². The predicted octanol–water partition coefficient (Wildman–Crippen LogP) is 6.09. The maximum atomic E-state index is 12.4. The van der Waals surface area contributed by atoms with Crippen molar-refractivity contribution in [2.24, 2.45) is 5.92 Å². The first-order chi connectivity index (χ1) is 18.8. The normalized spacial score (nSPS) is 26.4. The molecule has 1 aliphatic heterocycles. The molecular formula is C29H30F3N5O2. The van der Waals surface area contributed by atoms with E-state index in [2.05, 4.69) is 43.5 Å². The summed E-state index contributed by atoms with van der Waals surface area (Å²) in [5.74, 6) is 0.862. The number of rotatable bonds is 7. The van der Waals surface area contributed by atoms with E-state index in [1.165, 1.54) is 42.8 Å². The number of hydrogen-bond acceptors (Lipinski definition) is 7. The van der Waals surface area contributed by atoms with Crippen LogP contribution < -0.4 is 20.3 Å². The van der Waals surface area contributed by atoms with E-state index >= 15 is 0 Å². The van der Waals surface area contributed by atoms with Crippen LogP contribution in [0, 0.1) is 17.2 Å². The standard InChI is InChI=1S/C29H30F3N5O2/c30-29(31,32)39-22-11-7-20(8-12-22)27-16-34-28(38-27)36-24-4-2-1-3-23(24)35-25-13-19-14-26(25)37(17-19)21-9-5-18(15-33)6-10-21/h5-12,16,19,23-26,35H,1-4,13-14,17H2,(H,34,36). The first-order valence-electron chi connectivity index (χ1n) is 13.5. The van der Waals surface area contributed by atoms with Crippen molar-refractivity contribution in [3.8, 4) is 23.1 Å². The van der Waals surface area contributed by atoms with Gasteiger partial charge in [0.1, 0.15) is 5.75 Å². The van der Waals surface area contributed by atoms with E-state index in [0.29, 0.717) is 40.9 Å². The lowest BCUT2D eigenvalue weighted by Crippen LogP contribution is -2.56. The van der Waals surface area contributed by atoms with Crippen LogP contribution in [0.1, 0.15) is 44.1 Å². The number of anilines is 2. The van der Waals surface area contributed by atoms with Crippen molar-refractivity contribution in [3.05, 3.63) is 60.3 Å². The molecule has 3 fully saturated rings. The fourth-order valence-electron chi connectivity index (χ4n) is 6.46. The highest BCUT2D eigenvalue weighted by Crippen LogP contribution is 2.41. The van der Waals surface area contributed by atoms with Gasteiger partial charge in [-0.25, -0.2) is 4.98 Å². The molecule has 2 heterocycles. The number of nitrogens with one attached hydrogen (secondary N) is 2. The van der Waals surface area contributed by atoms with Crippen LogP contribution in [-0.2, 0) is 0 Å². The fraction of sp³-hybridized carbons (Fsp3) is 0.448. The monoisotopic (exact) mass is 537 g/mol. The molecule has 5 atom stereocenters. The molecule has 2 N–H and O–H groups in total. The molecule has 1 saturated heterocycles. The third kappa shape index (κ3) is 5.69. The minimum atomic E-state index is -4.73. The number of aromatic nitrogens is 1. The van der Waals surface area contributed by atoms with E-state index < -0.39 is 6.36 Å². The Labute approximate surface area is 225 Å². The Balaban J connectivity index is 1.10. The van der Waals surface area contributed by atoms with Crippen molar-refractivity contribution in [1.29, 1.82) is 5.26 Å². The number of nitrogens with zero attached hydrogens (tertiary/aromatic N) is 3. The Kier molecular flexibility index (Phi) is 6.85. The van der Waals surface area contributed by atoms with Crippen molar-refractivity contribution in [2.75, 3.05) is 16.8 Å². The van der Waals surface area contributed by atoms with E-state index in [4.69, 9.17) is 9.68 Å². The van der Waals surface area contributed by atoms with Gasteiger partial charge in [0, 0.05) is 42.0 Å². The maximum absolute atomic E-state index is 12.4. The molecule has 5 unspecified atom stereocenters. The molecule has 1 aromatic heterocycles. The van der Waals surface area contributed by atoms with Crippen molar-refractivity contribution < 1.29 is 22.3 Å². The average molecular weight is 538 g/mol. The highest BCUT2D eigenvalue weighted by molar-refractivity contribution is 5.58. The first kappa shape index (κ1) is 25.6. The van der Waals surface area contributed by atoms with Gasteiger partial charge >= 0.3 is 6.36 Å². The molecule has 0 spiro atoms. The molecule has 3 aliphatic rings. The molecule has 0 amide bonds. The summed E-state index contributed by atoms with van der Waals surface area (Å²) >= 11 is 0. The number of piperidine rings is 1. The summed E-state index contributed by atoms with van der Waals surface area (Å²) in [7, 11) is 0. The summed E-state index contributed by atoms with van der Waals surface area (Å²) in [4.78, 5) is 6.88. The van der Waals surface area contributed by atoms with Crippen LogP contribution in [-0.4, -0.2) is 42.1 Å². The zero-order valence-corrected chi connectivity index (χ0v) is 21.3. The molecule has 3 aromatic rings. The van der Waals surface area contributed by atoms with Gasteiger partial charge in [0.2, 0.25) is 0 Å². The van der Waals surface area contributed by atoms with E-state index in [9.17, 15) is 13.2 Å².